The molecular formula is C14H15ClFN3. The van der Waals surface area contributed by atoms with Crippen molar-refractivity contribution in [1.82, 2.24) is 9.97 Å². The molecule has 1 aromatic heterocycles. The lowest BCUT2D eigenvalue weighted by molar-refractivity contribution is 0.594. The van der Waals surface area contributed by atoms with Crippen LogP contribution in [-0.2, 0) is 6.42 Å². The summed E-state index contributed by atoms with van der Waals surface area (Å²) in [7, 11) is 0. The van der Waals surface area contributed by atoms with Crippen molar-refractivity contribution in [2.45, 2.75) is 26.3 Å². The second-order valence-corrected chi connectivity index (χ2v) is 4.69. The highest BCUT2D eigenvalue weighted by atomic mass is 35.5. The SMILES string of the molecule is CCc1ncnc(NC(C)c2cccc(Cl)c2)c1F. The number of aromatic nitrogens is 2. The van der Waals surface area contributed by atoms with Gasteiger partial charge in [0, 0.05) is 5.02 Å². The molecule has 0 amide bonds. The maximum Gasteiger partial charge on any atom is 0.186 e. The summed E-state index contributed by atoms with van der Waals surface area (Å²) in [5, 5.41) is 3.70. The van der Waals surface area contributed by atoms with Gasteiger partial charge in [-0.1, -0.05) is 30.7 Å². The molecule has 3 nitrogen and oxygen atoms in total. The predicted octanol–water partition coefficient (Wildman–Crippen LogP) is 4.00. The van der Waals surface area contributed by atoms with E-state index in [4.69, 9.17) is 11.6 Å². The van der Waals surface area contributed by atoms with Crippen LogP contribution in [0.1, 0.15) is 31.1 Å². The molecule has 0 bridgehead atoms. The second kappa shape index (κ2) is 5.97. The van der Waals surface area contributed by atoms with E-state index in [0.717, 1.165) is 5.56 Å². The fourth-order valence-electron chi connectivity index (χ4n) is 1.82. The number of aryl methyl sites for hydroxylation is 1. The Bertz CT molecular complexity index is 574. The number of hydrogen-bond acceptors (Lipinski definition) is 3. The van der Waals surface area contributed by atoms with Crippen LogP contribution in [0.25, 0.3) is 0 Å². The zero-order valence-electron chi connectivity index (χ0n) is 10.8. The van der Waals surface area contributed by atoms with Gasteiger partial charge in [0.05, 0.1) is 11.7 Å². The predicted molar refractivity (Wildman–Crippen MR) is 74.9 cm³/mol. The Hall–Kier alpha value is -1.68. The minimum absolute atomic E-state index is 0.0900. The minimum Gasteiger partial charge on any atom is -0.361 e. The Morgan fingerprint density at radius 3 is 2.84 bits per heavy atom. The molecule has 1 unspecified atom stereocenters. The fourth-order valence-corrected chi connectivity index (χ4v) is 2.02. The van der Waals surface area contributed by atoms with Gasteiger partial charge in [0.25, 0.3) is 0 Å². The zero-order chi connectivity index (χ0) is 13.8. The molecule has 1 N–H and O–H groups in total. The molecule has 0 radical (unpaired) electrons. The largest absolute Gasteiger partial charge is 0.361 e. The Kier molecular flexibility index (Phi) is 4.32. The summed E-state index contributed by atoms with van der Waals surface area (Å²) in [6.45, 7) is 3.79. The maximum atomic E-state index is 14.0. The molecular weight excluding hydrogens is 265 g/mol. The fraction of sp³-hybridized carbons (Fsp3) is 0.286. The molecule has 1 aromatic carbocycles. The summed E-state index contributed by atoms with van der Waals surface area (Å²) in [4.78, 5) is 7.85. The van der Waals surface area contributed by atoms with Gasteiger partial charge in [-0.2, -0.15) is 0 Å². The number of benzene rings is 1. The van der Waals surface area contributed by atoms with E-state index in [9.17, 15) is 4.39 Å². The van der Waals surface area contributed by atoms with Crippen molar-refractivity contribution < 1.29 is 4.39 Å². The molecule has 0 aliphatic carbocycles. The average Bonchev–Trinajstić information content (AvgIpc) is 2.41. The Balaban J connectivity index is 2.21. The van der Waals surface area contributed by atoms with Gasteiger partial charge in [-0.25, -0.2) is 14.4 Å². The Morgan fingerprint density at radius 2 is 2.16 bits per heavy atom. The standard InChI is InChI=1S/C14H15ClFN3/c1-3-12-13(16)14(18-8-17-12)19-9(2)10-5-4-6-11(15)7-10/h4-9H,3H2,1-2H3,(H,17,18,19). The second-order valence-electron chi connectivity index (χ2n) is 4.26. The van der Waals surface area contributed by atoms with Gasteiger partial charge in [0.15, 0.2) is 11.6 Å². The van der Waals surface area contributed by atoms with E-state index in [1.54, 1.807) is 6.07 Å². The van der Waals surface area contributed by atoms with E-state index in [1.807, 2.05) is 32.0 Å². The molecule has 0 saturated carbocycles. The molecule has 2 rings (SSSR count). The van der Waals surface area contributed by atoms with Crippen molar-refractivity contribution in [2.24, 2.45) is 0 Å². The third kappa shape index (κ3) is 3.20. The van der Waals surface area contributed by atoms with E-state index in [1.165, 1.54) is 6.33 Å². The highest BCUT2D eigenvalue weighted by Crippen LogP contribution is 2.22. The van der Waals surface area contributed by atoms with Crippen molar-refractivity contribution in [3.05, 3.63) is 52.7 Å². The van der Waals surface area contributed by atoms with Gasteiger partial charge in [0.1, 0.15) is 6.33 Å². The monoisotopic (exact) mass is 279 g/mol. The smallest absolute Gasteiger partial charge is 0.186 e. The lowest BCUT2D eigenvalue weighted by Crippen LogP contribution is -2.11. The van der Waals surface area contributed by atoms with E-state index < -0.39 is 0 Å². The summed E-state index contributed by atoms with van der Waals surface area (Å²) in [6.07, 6.45) is 1.91. The van der Waals surface area contributed by atoms with E-state index >= 15 is 0 Å². The molecule has 0 spiro atoms. The number of nitrogens with zero attached hydrogens (tertiary/aromatic N) is 2. The first-order valence-corrected chi connectivity index (χ1v) is 6.51. The summed E-state index contributed by atoms with van der Waals surface area (Å²) in [5.41, 5.74) is 1.39. The molecule has 0 aliphatic rings. The first kappa shape index (κ1) is 13.7. The summed E-state index contributed by atoms with van der Waals surface area (Å²) in [5.74, 6) is -0.168. The Morgan fingerprint density at radius 1 is 1.37 bits per heavy atom. The molecule has 19 heavy (non-hydrogen) atoms. The van der Waals surface area contributed by atoms with E-state index in [0.29, 0.717) is 17.1 Å². The van der Waals surface area contributed by atoms with Crippen molar-refractivity contribution >= 4 is 17.4 Å². The molecule has 0 fully saturated rings. The van der Waals surface area contributed by atoms with Gasteiger partial charge in [-0.05, 0) is 31.0 Å². The minimum atomic E-state index is -0.390. The molecule has 100 valence electrons. The average molecular weight is 280 g/mol. The summed E-state index contributed by atoms with van der Waals surface area (Å²) >= 11 is 5.94. The molecule has 2 aromatic rings. The van der Waals surface area contributed by atoms with Crippen molar-refractivity contribution in [3.8, 4) is 0 Å². The number of nitrogens with one attached hydrogen (secondary N) is 1. The quantitative estimate of drug-likeness (QED) is 0.919. The van der Waals surface area contributed by atoms with Crippen LogP contribution in [0.4, 0.5) is 10.2 Å². The number of anilines is 1. The van der Waals surface area contributed by atoms with Crippen LogP contribution in [0, 0.1) is 5.82 Å². The maximum absolute atomic E-state index is 14.0. The van der Waals surface area contributed by atoms with Crippen molar-refractivity contribution in [3.63, 3.8) is 0 Å². The van der Waals surface area contributed by atoms with E-state index in [2.05, 4.69) is 15.3 Å². The van der Waals surface area contributed by atoms with Crippen molar-refractivity contribution in [1.29, 1.82) is 0 Å². The van der Waals surface area contributed by atoms with Gasteiger partial charge >= 0.3 is 0 Å². The summed E-state index contributed by atoms with van der Waals surface area (Å²) < 4.78 is 14.0. The van der Waals surface area contributed by atoms with Crippen LogP contribution in [0.5, 0.6) is 0 Å². The first-order valence-electron chi connectivity index (χ1n) is 6.13. The lowest BCUT2D eigenvalue weighted by Gasteiger charge is -2.16. The zero-order valence-corrected chi connectivity index (χ0v) is 11.6. The number of halogens is 2. The van der Waals surface area contributed by atoms with E-state index in [-0.39, 0.29) is 17.7 Å². The highest BCUT2D eigenvalue weighted by Gasteiger charge is 2.13. The van der Waals surface area contributed by atoms with Crippen LogP contribution in [0.15, 0.2) is 30.6 Å². The molecule has 0 aliphatic heterocycles. The normalized spacial score (nSPS) is 12.2. The van der Waals surface area contributed by atoms with Gasteiger partial charge in [0.2, 0.25) is 0 Å². The Labute approximate surface area is 116 Å². The number of rotatable bonds is 4. The van der Waals surface area contributed by atoms with Gasteiger partial charge < -0.3 is 5.32 Å². The number of hydrogen-bond donors (Lipinski definition) is 1. The van der Waals surface area contributed by atoms with Gasteiger partial charge in [-0.15, -0.1) is 0 Å². The van der Waals surface area contributed by atoms with Crippen LogP contribution in [-0.4, -0.2) is 9.97 Å². The lowest BCUT2D eigenvalue weighted by atomic mass is 10.1. The topological polar surface area (TPSA) is 37.8 Å². The highest BCUT2D eigenvalue weighted by molar-refractivity contribution is 6.30. The van der Waals surface area contributed by atoms with Crippen LogP contribution < -0.4 is 5.32 Å². The van der Waals surface area contributed by atoms with Crippen LogP contribution in [0.3, 0.4) is 0 Å². The molecule has 5 heteroatoms. The van der Waals surface area contributed by atoms with Crippen LogP contribution in [0.2, 0.25) is 5.02 Å². The van der Waals surface area contributed by atoms with Crippen molar-refractivity contribution in [2.75, 3.05) is 5.32 Å². The molecule has 1 atom stereocenters. The summed E-state index contributed by atoms with van der Waals surface area (Å²) in [6, 6.07) is 7.36. The third-order valence-electron chi connectivity index (χ3n) is 2.90. The third-order valence-corrected chi connectivity index (χ3v) is 3.13. The first-order chi connectivity index (χ1) is 9.11. The molecule has 0 saturated heterocycles. The van der Waals surface area contributed by atoms with Gasteiger partial charge in [-0.3, -0.25) is 0 Å². The van der Waals surface area contributed by atoms with Crippen LogP contribution >= 0.6 is 11.6 Å². The molecule has 1 heterocycles.